The van der Waals surface area contributed by atoms with Gasteiger partial charge >= 0.3 is 0 Å². The number of aliphatic hydroxyl groups is 1. The van der Waals surface area contributed by atoms with E-state index in [-0.39, 0.29) is 17.2 Å². The Hall–Kier alpha value is -2.45. The number of nitriles is 1. The molecule has 5 heteroatoms. The number of pyridine rings is 1. The van der Waals surface area contributed by atoms with E-state index in [4.69, 9.17) is 10.00 Å². The predicted octanol–water partition coefficient (Wildman–Crippen LogP) is 2.94. The lowest BCUT2D eigenvalue weighted by molar-refractivity contribution is 0.198. The summed E-state index contributed by atoms with van der Waals surface area (Å²) in [7, 11) is 0. The van der Waals surface area contributed by atoms with Crippen LogP contribution in [0.2, 0.25) is 0 Å². The van der Waals surface area contributed by atoms with Gasteiger partial charge in [-0.15, -0.1) is 0 Å². The van der Waals surface area contributed by atoms with Gasteiger partial charge in [-0.2, -0.15) is 5.26 Å². The minimum absolute atomic E-state index is 0.0192. The fourth-order valence-electron chi connectivity index (χ4n) is 1.51. The Labute approximate surface area is 109 Å². The number of nitrogens with zero attached hydrogens (tertiary/aromatic N) is 2. The standard InChI is InChI=1S/C14H11FN2O2/c1-9(18)11-4-5-17-14(7-11)19-13-3-2-10(8-16)6-12(13)15/h2-7,9,18H,1H3/t9-/m0/s1. The number of hydrogen-bond donors (Lipinski definition) is 1. The summed E-state index contributed by atoms with van der Waals surface area (Å²) >= 11 is 0. The lowest BCUT2D eigenvalue weighted by atomic mass is 10.2. The second-order valence-electron chi connectivity index (χ2n) is 3.96. The molecular formula is C14H11FN2O2. The van der Waals surface area contributed by atoms with E-state index in [1.54, 1.807) is 13.0 Å². The van der Waals surface area contributed by atoms with Crippen LogP contribution in [0.25, 0.3) is 0 Å². The smallest absolute Gasteiger partial charge is 0.219 e. The molecule has 0 aliphatic heterocycles. The first-order valence-electron chi connectivity index (χ1n) is 5.61. The summed E-state index contributed by atoms with van der Waals surface area (Å²) in [6.45, 7) is 1.61. The number of ether oxygens (including phenoxy) is 1. The lowest BCUT2D eigenvalue weighted by Gasteiger charge is -2.08. The minimum atomic E-state index is -0.656. The number of aliphatic hydroxyl groups excluding tert-OH is 1. The van der Waals surface area contributed by atoms with Gasteiger partial charge in [-0.1, -0.05) is 0 Å². The van der Waals surface area contributed by atoms with Crippen molar-refractivity contribution in [1.29, 1.82) is 5.26 Å². The molecule has 0 aliphatic rings. The Morgan fingerprint density at radius 3 is 2.79 bits per heavy atom. The SMILES string of the molecule is C[C@H](O)c1ccnc(Oc2ccc(C#N)cc2F)c1. The molecule has 0 aliphatic carbocycles. The number of halogens is 1. The average molecular weight is 258 g/mol. The van der Waals surface area contributed by atoms with Crippen LogP contribution in [0.4, 0.5) is 4.39 Å². The normalized spacial score (nSPS) is 11.7. The monoisotopic (exact) mass is 258 g/mol. The van der Waals surface area contributed by atoms with Crippen molar-refractivity contribution in [2.24, 2.45) is 0 Å². The number of aromatic nitrogens is 1. The van der Waals surface area contributed by atoms with Crippen LogP contribution >= 0.6 is 0 Å². The van der Waals surface area contributed by atoms with Crippen LogP contribution < -0.4 is 4.74 Å². The predicted molar refractivity (Wildman–Crippen MR) is 66.1 cm³/mol. The maximum absolute atomic E-state index is 13.6. The van der Waals surface area contributed by atoms with Crippen molar-refractivity contribution in [3.63, 3.8) is 0 Å². The van der Waals surface area contributed by atoms with Crippen molar-refractivity contribution < 1.29 is 14.2 Å². The first-order chi connectivity index (χ1) is 9.10. The van der Waals surface area contributed by atoms with Gasteiger partial charge in [0.15, 0.2) is 11.6 Å². The van der Waals surface area contributed by atoms with Gasteiger partial charge in [-0.25, -0.2) is 9.37 Å². The van der Waals surface area contributed by atoms with Crippen LogP contribution in [0.5, 0.6) is 11.6 Å². The van der Waals surface area contributed by atoms with Crippen molar-refractivity contribution in [2.45, 2.75) is 13.0 Å². The lowest BCUT2D eigenvalue weighted by Crippen LogP contribution is -1.95. The van der Waals surface area contributed by atoms with Crippen molar-refractivity contribution >= 4 is 0 Å². The minimum Gasteiger partial charge on any atom is -0.436 e. The molecule has 0 radical (unpaired) electrons. The van der Waals surface area contributed by atoms with Crippen molar-refractivity contribution in [1.82, 2.24) is 4.98 Å². The molecule has 2 rings (SSSR count). The molecule has 0 saturated carbocycles. The second kappa shape index (κ2) is 5.46. The molecule has 1 atom stereocenters. The van der Waals surface area contributed by atoms with Gasteiger partial charge in [-0.3, -0.25) is 0 Å². The number of benzene rings is 1. The van der Waals surface area contributed by atoms with Crippen LogP contribution in [-0.4, -0.2) is 10.1 Å². The number of rotatable bonds is 3. The zero-order valence-corrected chi connectivity index (χ0v) is 10.2. The molecule has 19 heavy (non-hydrogen) atoms. The molecule has 96 valence electrons. The summed E-state index contributed by atoms with van der Waals surface area (Å²) in [5.74, 6) is -0.473. The Morgan fingerprint density at radius 1 is 1.37 bits per heavy atom. The zero-order chi connectivity index (χ0) is 13.8. The Kier molecular flexibility index (Phi) is 3.74. The van der Waals surface area contributed by atoms with Gasteiger partial charge in [0.2, 0.25) is 5.88 Å². The first-order valence-corrected chi connectivity index (χ1v) is 5.61. The molecular weight excluding hydrogens is 247 g/mol. The van der Waals surface area contributed by atoms with Gasteiger partial charge in [0.05, 0.1) is 17.7 Å². The van der Waals surface area contributed by atoms with Crippen molar-refractivity contribution in [3.05, 3.63) is 53.5 Å². The third kappa shape index (κ3) is 3.06. The third-order valence-electron chi connectivity index (χ3n) is 2.52. The molecule has 0 saturated heterocycles. The van der Waals surface area contributed by atoms with Gasteiger partial charge < -0.3 is 9.84 Å². The molecule has 0 fully saturated rings. The van der Waals surface area contributed by atoms with Gasteiger partial charge in [-0.05, 0) is 36.8 Å². The highest BCUT2D eigenvalue weighted by Gasteiger charge is 2.08. The molecule has 0 amide bonds. The first kappa shape index (κ1) is 13.0. The molecule has 1 N–H and O–H groups in total. The topological polar surface area (TPSA) is 66.1 Å². The Morgan fingerprint density at radius 2 is 2.16 bits per heavy atom. The second-order valence-corrected chi connectivity index (χ2v) is 3.96. The van der Waals surface area contributed by atoms with E-state index in [2.05, 4.69) is 4.98 Å². The third-order valence-corrected chi connectivity index (χ3v) is 2.52. The van der Waals surface area contributed by atoms with Crippen LogP contribution in [0.15, 0.2) is 36.5 Å². The average Bonchev–Trinajstić information content (AvgIpc) is 2.41. The van der Waals surface area contributed by atoms with E-state index in [1.807, 2.05) is 6.07 Å². The number of hydrogen-bond acceptors (Lipinski definition) is 4. The Balaban J connectivity index is 2.26. The molecule has 4 nitrogen and oxygen atoms in total. The fourth-order valence-corrected chi connectivity index (χ4v) is 1.51. The fraction of sp³-hybridized carbons (Fsp3) is 0.143. The molecule has 0 bridgehead atoms. The maximum Gasteiger partial charge on any atom is 0.219 e. The van der Waals surface area contributed by atoms with Gasteiger partial charge in [0.25, 0.3) is 0 Å². The summed E-state index contributed by atoms with van der Waals surface area (Å²) in [6.07, 6.45) is 0.815. The molecule has 0 spiro atoms. The van der Waals surface area contributed by atoms with E-state index in [9.17, 15) is 9.50 Å². The highest BCUT2D eigenvalue weighted by atomic mass is 19.1. The van der Waals surface area contributed by atoms with Crippen LogP contribution in [0.3, 0.4) is 0 Å². The molecule has 1 heterocycles. The summed E-state index contributed by atoms with van der Waals surface area (Å²) in [6, 6.07) is 8.93. The van der Waals surface area contributed by atoms with Crippen LogP contribution in [0, 0.1) is 17.1 Å². The van der Waals surface area contributed by atoms with Crippen LogP contribution in [0.1, 0.15) is 24.2 Å². The van der Waals surface area contributed by atoms with Crippen molar-refractivity contribution in [2.75, 3.05) is 0 Å². The van der Waals surface area contributed by atoms with E-state index < -0.39 is 11.9 Å². The van der Waals surface area contributed by atoms with Crippen molar-refractivity contribution in [3.8, 4) is 17.7 Å². The summed E-state index contributed by atoms with van der Waals surface area (Å²) in [5.41, 5.74) is 0.842. The Bertz CT molecular complexity index is 636. The van der Waals surface area contributed by atoms with Gasteiger partial charge in [0.1, 0.15) is 0 Å². The molecule has 1 aromatic carbocycles. The molecule has 0 unspecified atom stereocenters. The summed E-state index contributed by atoms with van der Waals surface area (Å²) in [5, 5.41) is 18.1. The maximum atomic E-state index is 13.6. The van der Waals surface area contributed by atoms with Gasteiger partial charge in [0, 0.05) is 12.3 Å². The zero-order valence-electron chi connectivity index (χ0n) is 10.2. The van der Waals surface area contributed by atoms with E-state index in [0.29, 0.717) is 5.56 Å². The molecule has 1 aromatic heterocycles. The highest BCUT2D eigenvalue weighted by Crippen LogP contribution is 2.25. The van der Waals surface area contributed by atoms with Crippen LogP contribution in [-0.2, 0) is 0 Å². The van der Waals surface area contributed by atoms with E-state index in [0.717, 1.165) is 6.07 Å². The highest BCUT2D eigenvalue weighted by molar-refractivity contribution is 5.38. The van der Waals surface area contributed by atoms with E-state index >= 15 is 0 Å². The molecule has 2 aromatic rings. The van der Waals surface area contributed by atoms with E-state index in [1.165, 1.54) is 24.4 Å². The summed E-state index contributed by atoms with van der Waals surface area (Å²) in [4.78, 5) is 3.94. The quantitative estimate of drug-likeness (QED) is 0.919. The largest absolute Gasteiger partial charge is 0.436 e. The summed E-state index contributed by atoms with van der Waals surface area (Å²) < 4.78 is 18.9.